The number of rotatable bonds is 5. The summed E-state index contributed by atoms with van der Waals surface area (Å²) >= 11 is 7.75. The van der Waals surface area contributed by atoms with E-state index in [1.807, 2.05) is 48.5 Å². The van der Waals surface area contributed by atoms with E-state index in [2.05, 4.69) is 0 Å². The molecule has 2 rings (SSSR count). The van der Waals surface area contributed by atoms with E-state index in [1.165, 1.54) is 0 Å². The van der Waals surface area contributed by atoms with Crippen LogP contribution in [-0.4, -0.2) is 12.4 Å². The summed E-state index contributed by atoms with van der Waals surface area (Å²) in [6, 6.07) is 15.2. The predicted octanol–water partition coefficient (Wildman–Crippen LogP) is 4.09. The van der Waals surface area contributed by atoms with Gasteiger partial charge in [-0.1, -0.05) is 29.8 Å². The molecule has 4 heteroatoms. The van der Waals surface area contributed by atoms with Gasteiger partial charge >= 0.3 is 0 Å². The van der Waals surface area contributed by atoms with Crippen LogP contribution in [-0.2, 0) is 0 Å². The van der Waals surface area contributed by atoms with Crippen LogP contribution in [0, 0.1) is 0 Å². The van der Waals surface area contributed by atoms with Gasteiger partial charge in [0.1, 0.15) is 5.75 Å². The van der Waals surface area contributed by atoms with Crippen LogP contribution in [0.15, 0.2) is 53.4 Å². The van der Waals surface area contributed by atoms with E-state index < -0.39 is 0 Å². The van der Waals surface area contributed by atoms with Crippen molar-refractivity contribution in [2.75, 3.05) is 18.1 Å². The molecular formula is C14H14ClNOS. The van der Waals surface area contributed by atoms with Crippen molar-refractivity contribution >= 4 is 29.1 Å². The van der Waals surface area contributed by atoms with Crippen LogP contribution < -0.4 is 10.5 Å². The summed E-state index contributed by atoms with van der Waals surface area (Å²) in [5.74, 6) is 1.65. The largest absolute Gasteiger partial charge is 0.493 e. The Balaban J connectivity index is 1.78. The SMILES string of the molecule is Nc1cccc(OCCSc2ccccc2Cl)c1. The number of anilines is 1. The van der Waals surface area contributed by atoms with Crippen LogP contribution in [0.1, 0.15) is 0 Å². The number of hydrogen-bond donors (Lipinski definition) is 1. The molecule has 94 valence electrons. The van der Waals surface area contributed by atoms with Crippen LogP contribution in [0.2, 0.25) is 5.02 Å². The first kappa shape index (κ1) is 13.1. The first-order valence-electron chi connectivity index (χ1n) is 5.61. The average Bonchev–Trinajstić information content (AvgIpc) is 2.37. The molecule has 2 aromatic carbocycles. The third kappa shape index (κ3) is 3.86. The maximum Gasteiger partial charge on any atom is 0.121 e. The number of thioether (sulfide) groups is 1. The summed E-state index contributed by atoms with van der Waals surface area (Å²) in [5.41, 5.74) is 6.39. The van der Waals surface area contributed by atoms with Crippen molar-refractivity contribution in [2.24, 2.45) is 0 Å². The van der Waals surface area contributed by atoms with E-state index in [9.17, 15) is 0 Å². The third-order valence-corrected chi connectivity index (χ3v) is 3.78. The molecule has 2 nitrogen and oxygen atoms in total. The molecule has 0 heterocycles. The smallest absolute Gasteiger partial charge is 0.121 e. The Labute approximate surface area is 116 Å². The molecule has 18 heavy (non-hydrogen) atoms. The van der Waals surface area contributed by atoms with E-state index in [4.69, 9.17) is 22.1 Å². The Morgan fingerprint density at radius 2 is 1.94 bits per heavy atom. The van der Waals surface area contributed by atoms with Crippen LogP contribution in [0.4, 0.5) is 5.69 Å². The van der Waals surface area contributed by atoms with Crippen molar-refractivity contribution in [1.82, 2.24) is 0 Å². The average molecular weight is 280 g/mol. The molecule has 0 unspecified atom stereocenters. The molecule has 0 atom stereocenters. The molecule has 0 spiro atoms. The van der Waals surface area contributed by atoms with E-state index in [-0.39, 0.29) is 0 Å². The number of benzene rings is 2. The predicted molar refractivity (Wildman–Crippen MR) is 78.5 cm³/mol. The molecular weight excluding hydrogens is 266 g/mol. The van der Waals surface area contributed by atoms with E-state index >= 15 is 0 Å². The molecule has 0 fully saturated rings. The van der Waals surface area contributed by atoms with Gasteiger partial charge in [-0.15, -0.1) is 11.8 Å². The first-order valence-corrected chi connectivity index (χ1v) is 6.98. The molecule has 0 amide bonds. The molecule has 0 aliphatic heterocycles. The number of nitrogens with two attached hydrogens (primary N) is 1. The molecule has 0 radical (unpaired) electrons. The lowest BCUT2D eigenvalue weighted by Crippen LogP contribution is -2.00. The molecule has 0 aliphatic rings. The molecule has 0 bridgehead atoms. The third-order valence-electron chi connectivity index (χ3n) is 2.30. The fourth-order valence-corrected chi connectivity index (χ4v) is 2.54. The number of hydrogen-bond acceptors (Lipinski definition) is 3. The van der Waals surface area contributed by atoms with Crippen LogP contribution >= 0.6 is 23.4 Å². The number of halogens is 1. The molecule has 2 N–H and O–H groups in total. The van der Waals surface area contributed by atoms with Crippen molar-refractivity contribution in [3.05, 3.63) is 53.6 Å². The molecule has 0 saturated heterocycles. The van der Waals surface area contributed by atoms with Gasteiger partial charge in [-0.3, -0.25) is 0 Å². The number of ether oxygens (including phenoxy) is 1. The number of nitrogen functional groups attached to an aromatic ring is 1. The van der Waals surface area contributed by atoms with E-state index in [1.54, 1.807) is 11.8 Å². The molecule has 2 aromatic rings. The van der Waals surface area contributed by atoms with E-state index in [0.717, 1.165) is 21.4 Å². The van der Waals surface area contributed by atoms with Gasteiger partial charge in [0.15, 0.2) is 0 Å². The zero-order valence-corrected chi connectivity index (χ0v) is 11.4. The fraction of sp³-hybridized carbons (Fsp3) is 0.143. The highest BCUT2D eigenvalue weighted by Gasteiger charge is 2.00. The minimum Gasteiger partial charge on any atom is -0.493 e. The van der Waals surface area contributed by atoms with Crippen molar-refractivity contribution in [2.45, 2.75) is 4.90 Å². The van der Waals surface area contributed by atoms with Gasteiger partial charge in [0.2, 0.25) is 0 Å². The van der Waals surface area contributed by atoms with Gasteiger partial charge in [-0.05, 0) is 24.3 Å². The lowest BCUT2D eigenvalue weighted by molar-refractivity contribution is 0.344. The molecule has 0 aliphatic carbocycles. The summed E-state index contributed by atoms with van der Waals surface area (Å²) in [7, 11) is 0. The highest BCUT2D eigenvalue weighted by atomic mass is 35.5. The normalized spacial score (nSPS) is 10.3. The van der Waals surface area contributed by atoms with Crippen molar-refractivity contribution in [3.63, 3.8) is 0 Å². The summed E-state index contributed by atoms with van der Waals surface area (Å²) in [4.78, 5) is 1.08. The monoisotopic (exact) mass is 279 g/mol. The Bertz CT molecular complexity index is 519. The quantitative estimate of drug-likeness (QED) is 0.509. The van der Waals surface area contributed by atoms with Crippen LogP contribution in [0.3, 0.4) is 0 Å². The Morgan fingerprint density at radius 1 is 1.11 bits per heavy atom. The summed E-state index contributed by atoms with van der Waals surface area (Å²) in [6.45, 7) is 0.624. The lowest BCUT2D eigenvalue weighted by atomic mass is 10.3. The topological polar surface area (TPSA) is 35.2 Å². The standard InChI is InChI=1S/C14H14ClNOS/c15-13-6-1-2-7-14(13)18-9-8-17-12-5-3-4-11(16)10-12/h1-7,10H,8-9,16H2. The fourth-order valence-electron chi connectivity index (χ4n) is 1.48. The highest BCUT2D eigenvalue weighted by molar-refractivity contribution is 7.99. The second kappa shape index (κ2) is 6.57. The first-order chi connectivity index (χ1) is 8.75. The van der Waals surface area contributed by atoms with Crippen LogP contribution in [0.5, 0.6) is 5.75 Å². The van der Waals surface area contributed by atoms with Crippen molar-refractivity contribution in [3.8, 4) is 5.75 Å². The van der Waals surface area contributed by atoms with Gasteiger partial charge in [0.25, 0.3) is 0 Å². The Morgan fingerprint density at radius 3 is 2.72 bits per heavy atom. The minimum absolute atomic E-state index is 0.624. The maximum atomic E-state index is 6.06. The zero-order chi connectivity index (χ0) is 12.8. The zero-order valence-electron chi connectivity index (χ0n) is 9.80. The Kier molecular flexibility index (Phi) is 4.79. The van der Waals surface area contributed by atoms with Gasteiger partial charge in [0.05, 0.1) is 11.6 Å². The second-order valence-corrected chi connectivity index (χ2v) is 5.24. The van der Waals surface area contributed by atoms with Gasteiger partial charge in [0, 0.05) is 22.4 Å². The lowest BCUT2D eigenvalue weighted by Gasteiger charge is -2.07. The van der Waals surface area contributed by atoms with Gasteiger partial charge < -0.3 is 10.5 Å². The molecule has 0 saturated carbocycles. The highest BCUT2D eigenvalue weighted by Crippen LogP contribution is 2.26. The van der Waals surface area contributed by atoms with Gasteiger partial charge in [-0.25, -0.2) is 0 Å². The summed E-state index contributed by atoms with van der Waals surface area (Å²) < 4.78 is 5.60. The Hall–Kier alpha value is -1.32. The van der Waals surface area contributed by atoms with Gasteiger partial charge in [-0.2, -0.15) is 0 Å². The van der Waals surface area contributed by atoms with E-state index in [0.29, 0.717) is 12.3 Å². The molecule has 0 aromatic heterocycles. The van der Waals surface area contributed by atoms with Crippen molar-refractivity contribution in [1.29, 1.82) is 0 Å². The second-order valence-electron chi connectivity index (χ2n) is 3.70. The van der Waals surface area contributed by atoms with Crippen LogP contribution in [0.25, 0.3) is 0 Å². The summed E-state index contributed by atoms with van der Waals surface area (Å²) in [5, 5.41) is 0.784. The van der Waals surface area contributed by atoms with Crippen molar-refractivity contribution < 1.29 is 4.74 Å². The minimum atomic E-state index is 0.624. The summed E-state index contributed by atoms with van der Waals surface area (Å²) in [6.07, 6.45) is 0. The maximum absolute atomic E-state index is 6.06.